The van der Waals surface area contributed by atoms with Crippen LogP contribution in [-0.2, 0) is 0 Å². The van der Waals surface area contributed by atoms with Gasteiger partial charge in [0.15, 0.2) is 0 Å². The third kappa shape index (κ3) is 9.45. The summed E-state index contributed by atoms with van der Waals surface area (Å²) in [4.78, 5) is 0. The molecule has 0 amide bonds. The fourth-order valence-corrected chi connectivity index (χ4v) is 0. The van der Waals surface area contributed by atoms with E-state index >= 15 is 0 Å². The first kappa shape index (κ1) is 9.16. The lowest BCUT2D eigenvalue weighted by Crippen LogP contribution is -2.06. The molecule has 0 atom stereocenters. The lowest BCUT2D eigenvalue weighted by Gasteiger charge is -1.78. The minimum atomic E-state index is 0. The van der Waals surface area contributed by atoms with Crippen LogP contribution < -0.4 is 11.5 Å². The summed E-state index contributed by atoms with van der Waals surface area (Å²) in [5.41, 5.74) is 9.86. The van der Waals surface area contributed by atoms with Crippen LogP contribution in [0.4, 0.5) is 0 Å². The molecule has 0 aliphatic rings. The van der Waals surface area contributed by atoms with E-state index in [2.05, 4.69) is 0 Å². The van der Waals surface area contributed by atoms with Crippen molar-refractivity contribution in [1.82, 2.24) is 0 Å². The SMILES string of the molecule is CC=C(N)N.Cl. The van der Waals surface area contributed by atoms with Crippen molar-refractivity contribution in [1.29, 1.82) is 0 Å². The number of allylic oxidation sites excluding steroid dienone is 1. The van der Waals surface area contributed by atoms with Gasteiger partial charge in [0.05, 0.1) is 5.82 Å². The van der Waals surface area contributed by atoms with Crippen LogP contribution in [0.15, 0.2) is 11.9 Å². The van der Waals surface area contributed by atoms with Crippen LogP contribution in [0.25, 0.3) is 0 Å². The maximum Gasteiger partial charge on any atom is 0.0889 e. The summed E-state index contributed by atoms with van der Waals surface area (Å²) in [7, 11) is 0. The lowest BCUT2D eigenvalue weighted by molar-refractivity contribution is 1.23. The van der Waals surface area contributed by atoms with Crippen molar-refractivity contribution in [2.24, 2.45) is 11.5 Å². The number of hydrogen-bond acceptors (Lipinski definition) is 2. The summed E-state index contributed by atoms with van der Waals surface area (Å²) in [6.07, 6.45) is 1.64. The third-order valence-corrected chi connectivity index (χ3v) is 0.333. The molecule has 0 bridgehead atoms. The topological polar surface area (TPSA) is 52.0 Å². The molecular formula is C3H9ClN2. The molecule has 0 spiro atoms. The van der Waals surface area contributed by atoms with Crippen LogP contribution in [0.2, 0.25) is 0 Å². The highest BCUT2D eigenvalue weighted by molar-refractivity contribution is 5.85. The average molecular weight is 109 g/mol. The van der Waals surface area contributed by atoms with Crippen molar-refractivity contribution in [3.8, 4) is 0 Å². The number of hydrogen-bond donors (Lipinski definition) is 2. The highest BCUT2D eigenvalue weighted by Crippen LogP contribution is 1.59. The van der Waals surface area contributed by atoms with Gasteiger partial charge in [-0.05, 0) is 13.0 Å². The molecule has 6 heavy (non-hydrogen) atoms. The number of halogens is 1. The molecule has 3 heteroatoms. The van der Waals surface area contributed by atoms with Gasteiger partial charge in [0.25, 0.3) is 0 Å². The Kier molecular flexibility index (Phi) is 7.07. The molecular weight excluding hydrogens is 99.5 g/mol. The van der Waals surface area contributed by atoms with Gasteiger partial charge in [-0.25, -0.2) is 0 Å². The molecule has 0 saturated heterocycles. The average Bonchev–Trinajstić information content (AvgIpc) is 1.38. The molecule has 0 aliphatic heterocycles. The molecule has 0 aliphatic carbocycles. The standard InChI is InChI=1S/C3H8N2.ClH/c1-2-3(4)5;/h2H,4-5H2,1H3;1H. The van der Waals surface area contributed by atoms with Gasteiger partial charge in [-0.1, -0.05) is 0 Å². The Balaban J connectivity index is 0. The first-order valence-electron chi connectivity index (χ1n) is 1.44. The van der Waals surface area contributed by atoms with Crippen molar-refractivity contribution in [2.75, 3.05) is 0 Å². The fraction of sp³-hybridized carbons (Fsp3) is 0.333. The second-order valence-electron chi connectivity index (χ2n) is 0.789. The summed E-state index contributed by atoms with van der Waals surface area (Å²) in [5.74, 6) is 0.380. The van der Waals surface area contributed by atoms with Gasteiger partial charge in [0.1, 0.15) is 0 Å². The molecule has 0 aromatic carbocycles. The highest BCUT2D eigenvalue weighted by Gasteiger charge is 1.59. The van der Waals surface area contributed by atoms with Crippen molar-refractivity contribution in [3.05, 3.63) is 11.9 Å². The molecule has 4 N–H and O–H groups in total. The Morgan fingerprint density at radius 2 is 1.67 bits per heavy atom. The first-order chi connectivity index (χ1) is 2.27. The van der Waals surface area contributed by atoms with E-state index in [4.69, 9.17) is 11.5 Å². The van der Waals surface area contributed by atoms with E-state index in [1.807, 2.05) is 0 Å². The van der Waals surface area contributed by atoms with Gasteiger partial charge in [-0.2, -0.15) is 0 Å². The Morgan fingerprint density at radius 1 is 1.50 bits per heavy atom. The molecule has 0 aromatic heterocycles. The summed E-state index contributed by atoms with van der Waals surface area (Å²) in [6.45, 7) is 1.79. The Labute approximate surface area is 43.6 Å². The van der Waals surface area contributed by atoms with Crippen LogP contribution in [0.5, 0.6) is 0 Å². The minimum Gasteiger partial charge on any atom is -0.386 e. The Hall–Kier alpha value is -0.370. The van der Waals surface area contributed by atoms with Crippen LogP contribution in [0.1, 0.15) is 6.92 Å². The molecule has 0 fully saturated rings. The zero-order chi connectivity index (χ0) is 4.28. The molecule has 0 aromatic rings. The predicted molar refractivity (Wildman–Crippen MR) is 29.4 cm³/mol. The molecule has 2 nitrogen and oxygen atoms in total. The van der Waals surface area contributed by atoms with Gasteiger partial charge >= 0.3 is 0 Å². The van der Waals surface area contributed by atoms with Gasteiger partial charge in [-0.15, -0.1) is 12.4 Å². The van der Waals surface area contributed by atoms with Gasteiger partial charge < -0.3 is 11.5 Å². The van der Waals surface area contributed by atoms with Crippen molar-refractivity contribution < 1.29 is 0 Å². The van der Waals surface area contributed by atoms with Crippen molar-refractivity contribution in [2.45, 2.75) is 6.92 Å². The highest BCUT2D eigenvalue weighted by atomic mass is 35.5. The summed E-state index contributed by atoms with van der Waals surface area (Å²) in [6, 6.07) is 0. The third-order valence-electron chi connectivity index (χ3n) is 0.333. The molecule has 0 saturated carbocycles. The molecule has 0 heterocycles. The van der Waals surface area contributed by atoms with E-state index in [1.165, 1.54) is 0 Å². The Bertz CT molecular complexity index is 46.8. The second kappa shape index (κ2) is 4.63. The quantitative estimate of drug-likeness (QED) is 0.465. The van der Waals surface area contributed by atoms with Gasteiger partial charge in [-0.3, -0.25) is 0 Å². The maximum atomic E-state index is 4.93. The first-order valence-corrected chi connectivity index (χ1v) is 1.44. The van der Waals surface area contributed by atoms with E-state index in [0.717, 1.165) is 0 Å². The normalized spacial score (nSPS) is 5.50. The number of nitrogens with two attached hydrogens (primary N) is 2. The molecule has 0 rings (SSSR count). The molecule has 0 unspecified atom stereocenters. The van der Waals surface area contributed by atoms with E-state index in [-0.39, 0.29) is 12.4 Å². The molecule has 0 radical (unpaired) electrons. The minimum absolute atomic E-state index is 0. The van der Waals surface area contributed by atoms with E-state index in [0.29, 0.717) is 5.82 Å². The summed E-state index contributed by atoms with van der Waals surface area (Å²) >= 11 is 0. The van der Waals surface area contributed by atoms with Gasteiger partial charge in [0, 0.05) is 0 Å². The number of rotatable bonds is 0. The monoisotopic (exact) mass is 108 g/mol. The van der Waals surface area contributed by atoms with Gasteiger partial charge in [0.2, 0.25) is 0 Å². The predicted octanol–water partition coefficient (Wildman–Crippen LogP) is 0.187. The smallest absolute Gasteiger partial charge is 0.0889 e. The maximum absolute atomic E-state index is 4.93. The molecule has 38 valence electrons. The van der Waals surface area contributed by atoms with Crippen LogP contribution >= 0.6 is 12.4 Å². The Morgan fingerprint density at radius 3 is 1.67 bits per heavy atom. The van der Waals surface area contributed by atoms with Crippen LogP contribution in [0, 0.1) is 0 Å². The zero-order valence-corrected chi connectivity index (χ0v) is 4.46. The summed E-state index contributed by atoms with van der Waals surface area (Å²) in [5, 5.41) is 0. The fourth-order valence-electron chi connectivity index (χ4n) is 0. The van der Waals surface area contributed by atoms with E-state index in [9.17, 15) is 0 Å². The van der Waals surface area contributed by atoms with Crippen molar-refractivity contribution in [3.63, 3.8) is 0 Å². The van der Waals surface area contributed by atoms with Crippen LogP contribution in [-0.4, -0.2) is 0 Å². The second-order valence-corrected chi connectivity index (χ2v) is 0.789. The van der Waals surface area contributed by atoms with Crippen molar-refractivity contribution >= 4 is 12.4 Å². The lowest BCUT2D eigenvalue weighted by atomic mass is 10.6. The van der Waals surface area contributed by atoms with E-state index < -0.39 is 0 Å². The summed E-state index contributed by atoms with van der Waals surface area (Å²) < 4.78 is 0. The van der Waals surface area contributed by atoms with Crippen LogP contribution in [0.3, 0.4) is 0 Å². The largest absolute Gasteiger partial charge is 0.386 e. The zero-order valence-electron chi connectivity index (χ0n) is 3.64. The van der Waals surface area contributed by atoms with E-state index in [1.54, 1.807) is 13.0 Å².